The molecule has 23 heavy (non-hydrogen) atoms. The van der Waals surface area contributed by atoms with Crippen LogP contribution in [-0.2, 0) is 9.59 Å². The van der Waals surface area contributed by atoms with Gasteiger partial charge in [0, 0.05) is 12.5 Å². The van der Waals surface area contributed by atoms with Gasteiger partial charge in [-0.2, -0.15) is 0 Å². The predicted molar refractivity (Wildman–Crippen MR) is 85.2 cm³/mol. The lowest BCUT2D eigenvalue weighted by Crippen LogP contribution is -2.40. The number of hydrogen-bond donors (Lipinski definition) is 1. The van der Waals surface area contributed by atoms with Crippen molar-refractivity contribution in [3.63, 3.8) is 0 Å². The highest BCUT2D eigenvalue weighted by molar-refractivity contribution is 5.87. The Balaban J connectivity index is 1.94. The lowest BCUT2D eigenvalue weighted by molar-refractivity contribution is -0.142. The van der Waals surface area contributed by atoms with E-state index in [-0.39, 0.29) is 24.4 Å². The maximum absolute atomic E-state index is 12.5. The van der Waals surface area contributed by atoms with E-state index >= 15 is 0 Å². The molecule has 2 fully saturated rings. The molecule has 1 heterocycles. The molecular weight excluding hydrogens is 294 g/mol. The summed E-state index contributed by atoms with van der Waals surface area (Å²) in [5.41, 5.74) is 0.884. The second-order valence-corrected chi connectivity index (χ2v) is 6.46. The van der Waals surface area contributed by atoms with E-state index in [0.29, 0.717) is 0 Å². The molecule has 1 aromatic carbocycles. The van der Waals surface area contributed by atoms with Crippen molar-refractivity contribution in [1.82, 2.24) is 4.90 Å². The van der Waals surface area contributed by atoms with Crippen LogP contribution < -0.4 is 4.74 Å². The molecule has 1 amide bonds. The summed E-state index contributed by atoms with van der Waals surface area (Å²) in [5.74, 6) is -0.852. The van der Waals surface area contributed by atoms with Crippen molar-refractivity contribution in [2.24, 2.45) is 5.92 Å². The average Bonchev–Trinajstić information content (AvgIpc) is 2.93. The molecule has 1 aromatic rings. The Morgan fingerprint density at radius 2 is 1.83 bits per heavy atom. The topological polar surface area (TPSA) is 66.8 Å². The Labute approximate surface area is 136 Å². The number of methoxy groups -OCH3 is 1. The largest absolute Gasteiger partial charge is 0.497 e. The van der Waals surface area contributed by atoms with E-state index in [1.54, 1.807) is 7.11 Å². The van der Waals surface area contributed by atoms with Crippen molar-refractivity contribution in [2.45, 2.75) is 50.6 Å². The molecule has 0 bridgehead atoms. The number of carboxylic acid groups (broad SMARTS) is 1. The Bertz CT molecular complexity index is 577. The Morgan fingerprint density at radius 3 is 2.39 bits per heavy atom. The number of nitrogens with zero attached hydrogens (tertiary/aromatic N) is 1. The fraction of sp³-hybridized carbons (Fsp3) is 0.556. The van der Waals surface area contributed by atoms with Crippen molar-refractivity contribution >= 4 is 11.9 Å². The molecule has 1 aliphatic carbocycles. The summed E-state index contributed by atoms with van der Waals surface area (Å²) >= 11 is 0. The van der Waals surface area contributed by atoms with Gasteiger partial charge < -0.3 is 14.7 Å². The van der Waals surface area contributed by atoms with Crippen LogP contribution in [-0.4, -0.2) is 35.0 Å². The zero-order chi connectivity index (χ0) is 16.4. The van der Waals surface area contributed by atoms with E-state index in [1.807, 2.05) is 29.2 Å². The number of hydrogen-bond acceptors (Lipinski definition) is 3. The van der Waals surface area contributed by atoms with E-state index in [4.69, 9.17) is 4.74 Å². The van der Waals surface area contributed by atoms with Gasteiger partial charge in [0.05, 0.1) is 19.1 Å². The van der Waals surface area contributed by atoms with Gasteiger partial charge in [-0.1, -0.05) is 31.4 Å². The number of rotatable bonds is 4. The van der Waals surface area contributed by atoms with Crippen LogP contribution >= 0.6 is 0 Å². The number of ether oxygens (including phenoxy) is 1. The van der Waals surface area contributed by atoms with Gasteiger partial charge >= 0.3 is 5.97 Å². The molecule has 3 rings (SSSR count). The quantitative estimate of drug-likeness (QED) is 0.927. The van der Waals surface area contributed by atoms with Crippen molar-refractivity contribution in [3.05, 3.63) is 29.8 Å². The summed E-state index contributed by atoms with van der Waals surface area (Å²) in [5, 5.41) is 9.58. The van der Waals surface area contributed by atoms with Crippen LogP contribution in [0.25, 0.3) is 0 Å². The number of carboxylic acids is 1. The standard InChI is InChI=1S/C18H23NO4/c1-23-14-9-7-12(8-10-14)17-15(18(21)22)11-16(20)19(17)13-5-3-2-4-6-13/h7-10,13,15,17H,2-6,11H2,1H3,(H,21,22)/t15-,17-/m0/s1. The second kappa shape index (κ2) is 6.60. The molecule has 0 spiro atoms. The van der Waals surface area contributed by atoms with E-state index < -0.39 is 11.9 Å². The lowest BCUT2D eigenvalue weighted by Gasteiger charge is -2.37. The van der Waals surface area contributed by atoms with Crippen LogP contribution in [0.2, 0.25) is 0 Å². The fourth-order valence-electron chi connectivity index (χ4n) is 3.96. The third-order valence-electron chi connectivity index (χ3n) is 5.11. The fourth-order valence-corrected chi connectivity index (χ4v) is 3.96. The molecule has 1 saturated heterocycles. The highest BCUT2D eigenvalue weighted by atomic mass is 16.5. The molecular formula is C18H23NO4. The molecule has 124 valence electrons. The van der Waals surface area contributed by atoms with Crippen molar-refractivity contribution in [2.75, 3.05) is 7.11 Å². The van der Waals surface area contributed by atoms with E-state index in [9.17, 15) is 14.7 Å². The maximum Gasteiger partial charge on any atom is 0.309 e. The summed E-state index contributed by atoms with van der Waals surface area (Å²) < 4.78 is 5.17. The smallest absolute Gasteiger partial charge is 0.309 e. The minimum absolute atomic E-state index is 0.0230. The van der Waals surface area contributed by atoms with E-state index in [0.717, 1.165) is 37.0 Å². The normalized spacial score (nSPS) is 25.6. The number of likely N-dealkylation sites (tertiary alicyclic amines) is 1. The van der Waals surface area contributed by atoms with Crippen molar-refractivity contribution in [3.8, 4) is 5.75 Å². The number of benzene rings is 1. The molecule has 0 unspecified atom stereocenters. The van der Waals surface area contributed by atoms with Crippen LogP contribution in [0.5, 0.6) is 5.75 Å². The highest BCUT2D eigenvalue weighted by Crippen LogP contribution is 2.42. The van der Waals surface area contributed by atoms with Gasteiger partial charge in [-0.3, -0.25) is 9.59 Å². The van der Waals surface area contributed by atoms with Crippen LogP contribution in [0.15, 0.2) is 24.3 Å². The van der Waals surface area contributed by atoms with Gasteiger partial charge in [0.25, 0.3) is 0 Å². The lowest BCUT2D eigenvalue weighted by atomic mass is 9.90. The second-order valence-electron chi connectivity index (χ2n) is 6.46. The summed E-state index contributed by atoms with van der Waals surface area (Å²) in [6.07, 6.45) is 5.48. The van der Waals surface area contributed by atoms with Gasteiger partial charge in [0.1, 0.15) is 5.75 Å². The third-order valence-corrected chi connectivity index (χ3v) is 5.11. The first kappa shape index (κ1) is 15.8. The van der Waals surface area contributed by atoms with Gasteiger partial charge in [-0.05, 0) is 30.5 Å². The minimum Gasteiger partial charge on any atom is -0.497 e. The van der Waals surface area contributed by atoms with Crippen LogP contribution in [0.4, 0.5) is 0 Å². The SMILES string of the molecule is COc1ccc([C@H]2[C@@H](C(=O)O)CC(=O)N2C2CCCCC2)cc1. The number of carbonyl (C=O) groups excluding carboxylic acids is 1. The van der Waals surface area contributed by atoms with Crippen LogP contribution in [0, 0.1) is 5.92 Å². The highest BCUT2D eigenvalue weighted by Gasteiger charge is 2.47. The zero-order valence-electron chi connectivity index (χ0n) is 13.4. The Kier molecular flexibility index (Phi) is 4.55. The minimum atomic E-state index is -0.891. The van der Waals surface area contributed by atoms with Gasteiger partial charge in [0.2, 0.25) is 5.91 Å². The van der Waals surface area contributed by atoms with Gasteiger partial charge in [-0.25, -0.2) is 0 Å². The number of carbonyl (C=O) groups is 2. The van der Waals surface area contributed by atoms with Gasteiger partial charge in [-0.15, -0.1) is 0 Å². The van der Waals surface area contributed by atoms with E-state index in [2.05, 4.69) is 0 Å². The molecule has 1 N–H and O–H groups in total. The summed E-state index contributed by atoms with van der Waals surface area (Å²) in [6, 6.07) is 7.23. The molecule has 5 nitrogen and oxygen atoms in total. The molecule has 1 saturated carbocycles. The first-order valence-corrected chi connectivity index (χ1v) is 8.29. The molecule has 0 radical (unpaired) electrons. The number of amides is 1. The first-order valence-electron chi connectivity index (χ1n) is 8.29. The summed E-state index contributed by atoms with van der Waals surface area (Å²) in [4.78, 5) is 26.1. The molecule has 0 aromatic heterocycles. The predicted octanol–water partition coefficient (Wildman–Crippen LogP) is 3.00. The van der Waals surface area contributed by atoms with E-state index in [1.165, 1.54) is 6.42 Å². The maximum atomic E-state index is 12.5. The molecule has 2 aliphatic rings. The Morgan fingerprint density at radius 1 is 1.17 bits per heavy atom. The summed E-state index contributed by atoms with van der Waals surface area (Å²) in [6.45, 7) is 0. The van der Waals surface area contributed by atoms with Crippen molar-refractivity contribution < 1.29 is 19.4 Å². The Hall–Kier alpha value is -2.04. The monoisotopic (exact) mass is 317 g/mol. The van der Waals surface area contributed by atoms with Crippen LogP contribution in [0.1, 0.15) is 50.1 Å². The third kappa shape index (κ3) is 3.05. The first-order chi connectivity index (χ1) is 11.1. The number of aliphatic carboxylic acids is 1. The molecule has 5 heteroatoms. The average molecular weight is 317 g/mol. The zero-order valence-corrected chi connectivity index (χ0v) is 13.4. The van der Waals surface area contributed by atoms with Crippen LogP contribution in [0.3, 0.4) is 0 Å². The molecule has 1 aliphatic heterocycles. The van der Waals surface area contributed by atoms with Crippen molar-refractivity contribution in [1.29, 1.82) is 0 Å². The summed E-state index contributed by atoms with van der Waals surface area (Å²) in [7, 11) is 1.60. The van der Waals surface area contributed by atoms with Gasteiger partial charge in [0.15, 0.2) is 0 Å². The molecule has 2 atom stereocenters.